The van der Waals surface area contributed by atoms with E-state index in [0.29, 0.717) is 13.1 Å². The summed E-state index contributed by atoms with van der Waals surface area (Å²) in [5, 5.41) is 16.1. The molecule has 2 unspecified atom stereocenters. The monoisotopic (exact) mass is 397 g/mol. The van der Waals surface area contributed by atoms with Gasteiger partial charge in [-0.15, -0.1) is 11.6 Å². The average Bonchev–Trinajstić information content (AvgIpc) is 2.64. The molecular formula is C20H32ClN3O3. The Labute approximate surface area is 167 Å². The van der Waals surface area contributed by atoms with Crippen LogP contribution in [0, 0.1) is 0 Å². The van der Waals surface area contributed by atoms with E-state index in [1.807, 2.05) is 49.9 Å². The summed E-state index contributed by atoms with van der Waals surface area (Å²) >= 11 is 5.59. The van der Waals surface area contributed by atoms with Crippen molar-refractivity contribution in [2.75, 3.05) is 36.1 Å². The molecule has 2 rings (SSSR count). The van der Waals surface area contributed by atoms with Crippen LogP contribution in [0.15, 0.2) is 24.3 Å². The Morgan fingerprint density at radius 2 is 1.89 bits per heavy atom. The summed E-state index contributed by atoms with van der Waals surface area (Å²) in [7, 11) is 0. The third kappa shape index (κ3) is 7.46. The molecular weight excluding hydrogens is 366 g/mol. The number of piperidine rings is 1. The van der Waals surface area contributed by atoms with E-state index in [9.17, 15) is 9.90 Å². The van der Waals surface area contributed by atoms with Crippen molar-refractivity contribution in [1.82, 2.24) is 4.90 Å². The van der Waals surface area contributed by atoms with E-state index in [2.05, 4.69) is 10.6 Å². The summed E-state index contributed by atoms with van der Waals surface area (Å²) in [4.78, 5) is 14.3. The first-order valence-electron chi connectivity index (χ1n) is 9.60. The number of anilines is 2. The number of ether oxygens (including phenoxy) is 1. The summed E-state index contributed by atoms with van der Waals surface area (Å²) in [5.74, 6) is 0.210. The van der Waals surface area contributed by atoms with Crippen molar-refractivity contribution >= 4 is 29.1 Å². The number of benzene rings is 1. The maximum Gasteiger partial charge on any atom is 0.410 e. The molecule has 0 bridgehead atoms. The molecule has 2 atom stereocenters. The molecule has 1 aliphatic heterocycles. The number of nitrogens with zero attached hydrogens (tertiary/aromatic N) is 1. The van der Waals surface area contributed by atoms with Crippen molar-refractivity contribution in [3.63, 3.8) is 0 Å². The number of rotatable bonds is 7. The fourth-order valence-electron chi connectivity index (χ4n) is 3.01. The van der Waals surface area contributed by atoms with E-state index >= 15 is 0 Å². The third-order valence-corrected chi connectivity index (χ3v) is 4.76. The van der Waals surface area contributed by atoms with Gasteiger partial charge in [0.1, 0.15) is 5.60 Å². The molecule has 0 aromatic heterocycles. The first kappa shape index (κ1) is 21.6. The molecule has 1 aromatic carbocycles. The lowest BCUT2D eigenvalue weighted by Gasteiger charge is -2.37. The molecule has 3 N–H and O–H groups in total. The highest BCUT2D eigenvalue weighted by molar-refractivity contribution is 6.18. The Balaban J connectivity index is 1.87. The lowest BCUT2D eigenvalue weighted by molar-refractivity contribution is 0.0114. The fourth-order valence-corrected chi connectivity index (χ4v) is 3.11. The molecule has 1 aromatic rings. The standard InChI is InChI=1S/C20H32ClN3O3/c1-20(2,3)27-19(26)24-11-5-4-6-17(24)13-22-15-7-9-16(10-8-15)23-14-18(25)12-21/h7-10,17-18,22-23,25H,4-6,11-14H2,1-3H3. The van der Waals surface area contributed by atoms with Crippen molar-refractivity contribution in [2.45, 2.75) is 57.8 Å². The van der Waals surface area contributed by atoms with Gasteiger partial charge < -0.3 is 25.4 Å². The van der Waals surface area contributed by atoms with Crippen LogP contribution in [0.2, 0.25) is 0 Å². The zero-order chi connectivity index (χ0) is 19.9. The molecule has 0 aliphatic carbocycles. The Kier molecular flexibility index (Phi) is 8.05. The number of amides is 1. The van der Waals surface area contributed by atoms with Gasteiger partial charge in [-0.05, 0) is 64.3 Å². The van der Waals surface area contributed by atoms with Crippen molar-refractivity contribution in [1.29, 1.82) is 0 Å². The normalized spacial score (nSPS) is 18.7. The fraction of sp³-hybridized carbons (Fsp3) is 0.650. The van der Waals surface area contributed by atoms with E-state index in [1.54, 1.807) is 0 Å². The molecule has 1 fully saturated rings. The van der Waals surface area contributed by atoms with Crippen LogP contribution in [-0.4, -0.2) is 59.4 Å². The van der Waals surface area contributed by atoms with Crippen molar-refractivity contribution < 1.29 is 14.6 Å². The van der Waals surface area contributed by atoms with E-state index in [1.165, 1.54) is 0 Å². The van der Waals surface area contributed by atoms with E-state index < -0.39 is 11.7 Å². The predicted octanol–water partition coefficient (Wildman–Crippen LogP) is 3.90. The number of nitrogens with one attached hydrogen (secondary N) is 2. The minimum Gasteiger partial charge on any atom is -0.444 e. The third-order valence-electron chi connectivity index (χ3n) is 4.40. The molecule has 1 amide bonds. The van der Waals surface area contributed by atoms with Gasteiger partial charge in [-0.25, -0.2) is 4.79 Å². The maximum atomic E-state index is 12.5. The smallest absolute Gasteiger partial charge is 0.410 e. The molecule has 1 heterocycles. The summed E-state index contributed by atoms with van der Waals surface area (Å²) in [6, 6.07) is 8.00. The van der Waals surface area contributed by atoms with Gasteiger partial charge in [0.15, 0.2) is 0 Å². The largest absolute Gasteiger partial charge is 0.444 e. The zero-order valence-electron chi connectivity index (χ0n) is 16.5. The van der Waals surface area contributed by atoms with Crippen LogP contribution in [0.3, 0.4) is 0 Å². The van der Waals surface area contributed by atoms with Crippen LogP contribution in [-0.2, 0) is 4.74 Å². The number of aliphatic hydroxyl groups is 1. The van der Waals surface area contributed by atoms with Gasteiger partial charge in [0, 0.05) is 31.0 Å². The number of halogens is 1. The Morgan fingerprint density at radius 1 is 1.26 bits per heavy atom. The summed E-state index contributed by atoms with van der Waals surface area (Å²) < 4.78 is 5.55. The van der Waals surface area contributed by atoms with Crippen LogP contribution >= 0.6 is 11.6 Å². The quantitative estimate of drug-likeness (QED) is 0.608. The lowest BCUT2D eigenvalue weighted by Crippen LogP contribution is -2.48. The number of likely N-dealkylation sites (tertiary alicyclic amines) is 1. The van der Waals surface area contributed by atoms with Crippen LogP contribution in [0.4, 0.5) is 16.2 Å². The highest BCUT2D eigenvalue weighted by Gasteiger charge is 2.30. The summed E-state index contributed by atoms with van der Waals surface area (Å²) in [6.45, 7) is 7.53. The molecule has 0 radical (unpaired) electrons. The highest BCUT2D eigenvalue weighted by atomic mass is 35.5. The highest BCUT2D eigenvalue weighted by Crippen LogP contribution is 2.21. The average molecular weight is 398 g/mol. The zero-order valence-corrected chi connectivity index (χ0v) is 17.3. The molecule has 0 saturated carbocycles. The maximum absolute atomic E-state index is 12.5. The molecule has 0 spiro atoms. The first-order chi connectivity index (χ1) is 12.8. The van der Waals surface area contributed by atoms with Crippen LogP contribution in [0.5, 0.6) is 0 Å². The number of alkyl halides is 1. The number of carbonyl (C=O) groups is 1. The van der Waals surface area contributed by atoms with Gasteiger partial charge in [-0.1, -0.05) is 0 Å². The minimum absolute atomic E-state index is 0.130. The molecule has 27 heavy (non-hydrogen) atoms. The van der Waals surface area contributed by atoms with Gasteiger partial charge in [-0.2, -0.15) is 0 Å². The summed E-state index contributed by atoms with van der Waals surface area (Å²) in [6.07, 6.45) is 2.32. The van der Waals surface area contributed by atoms with Crippen molar-refractivity contribution in [3.05, 3.63) is 24.3 Å². The Bertz CT molecular complexity index is 589. The molecule has 1 aliphatic rings. The SMILES string of the molecule is CC(C)(C)OC(=O)N1CCCCC1CNc1ccc(NCC(O)CCl)cc1. The molecule has 6 nitrogen and oxygen atoms in total. The van der Waals surface area contributed by atoms with E-state index in [4.69, 9.17) is 16.3 Å². The van der Waals surface area contributed by atoms with Gasteiger partial charge >= 0.3 is 6.09 Å². The molecule has 152 valence electrons. The van der Waals surface area contributed by atoms with Crippen LogP contribution in [0.1, 0.15) is 40.0 Å². The number of hydrogen-bond donors (Lipinski definition) is 3. The van der Waals surface area contributed by atoms with Gasteiger partial charge in [-0.3, -0.25) is 0 Å². The van der Waals surface area contributed by atoms with Gasteiger partial charge in [0.2, 0.25) is 0 Å². The van der Waals surface area contributed by atoms with Crippen LogP contribution in [0.25, 0.3) is 0 Å². The molecule has 7 heteroatoms. The number of carbonyl (C=O) groups excluding carboxylic acids is 1. The second-order valence-electron chi connectivity index (χ2n) is 7.97. The van der Waals surface area contributed by atoms with Gasteiger partial charge in [0.25, 0.3) is 0 Å². The molecule has 1 saturated heterocycles. The topological polar surface area (TPSA) is 73.8 Å². The van der Waals surface area contributed by atoms with Crippen molar-refractivity contribution in [2.24, 2.45) is 0 Å². The van der Waals surface area contributed by atoms with Crippen molar-refractivity contribution in [3.8, 4) is 0 Å². The Hall–Kier alpha value is -1.66. The number of aliphatic hydroxyl groups excluding tert-OH is 1. The Morgan fingerprint density at radius 3 is 2.48 bits per heavy atom. The van der Waals surface area contributed by atoms with Crippen LogP contribution < -0.4 is 10.6 Å². The second kappa shape index (κ2) is 10.0. The predicted molar refractivity (Wildman–Crippen MR) is 111 cm³/mol. The van der Waals surface area contributed by atoms with E-state index in [-0.39, 0.29) is 18.0 Å². The second-order valence-corrected chi connectivity index (χ2v) is 8.28. The summed E-state index contributed by atoms with van der Waals surface area (Å²) in [5.41, 5.74) is 1.44. The number of hydrogen-bond acceptors (Lipinski definition) is 5. The first-order valence-corrected chi connectivity index (χ1v) is 10.1. The van der Waals surface area contributed by atoms with Gasteiger partial charge in [0.05, 0.1) is 18.0 Å². The lowest BCUT2D eigenvalue weighted by atomic mass is 10.0. The van der Waals surface area contributed by atoms with E-state index in [0.717, 1.165) is 37.2 Å². The minimum atomic E-state index is -0.561.